The first-order valence-corrected chi connectivity index (χ1v) is 9.71. The first-order chi connectivity index (χ1) is 12.3. The van der Waals surface area contributed by atoms with Crippen LogP contribution in [0, 0.1) is 20.8 Å². The van der Waals surface area contributed by atoms with E-state index in [0.29, 0.717) is 11.6 Å². The summed E-state index contributed by atoms with van der Waals surface area (Å²) in [6.45, 7) is 5.87. The van der Waals surface area contributed by atoms with E-state index in [2.05, 4.69) is 10.3 Å². The summed E-state index contributed by atoms with van der Waals surface area (Å²) in [5.74, 6) is 2.59. The van der Waals surface area contributed by atoms with Crippen molar-refractivity contribution in [3.63, 3.8) is 0 Å². The molecule has 1 atom stereocenters. The highest BCUT2D eigenvalue weighted by Gasteiger charge is 2.11. The molecule has 2 rings (SSSR count). The topological polar surface area (TPSA) is 86.5 Å². The van der Waals surface area contributed by atoms with Crippen LogP contribution in [0.2, 0.25) is 0 Å². The summed E-state index contributed by atoms with van der Waals surface area (Å²) < 4.78 is 21.9. The molecule has 0 saturated carbocycles. The van der Waals surface area contributed by atoms with Gasteiger partial charge in [0.25, 0.3) is 0 Å². The number of aromatic nitrogens is 1. The van der Waals surface area contributed by atoms with Crippen LogP contribution in [0.15, 0.2) is 24.4 Å². The molecule has 0 spiro atoms. The third-order valence-corrected chi connectivity index (χ3v) is 5.05. The van der Waals surface area contributed by atoms with Gasteiger partial charge in [-0.05, 0) is 39.4 Å². The van der Waals surface area contributed by atoms with Gasteiger partial charge in [0.15, 0.2) is 0 Å². The Morgan fingerprint density at radius 2 is 1.85 bits per heavy atom. The standard InChI is InChI=1S/C11H18N2O2S.C8H11NO/c1-8-5-13-10(6-16(14)7-12-3)9(2)11(8)15-4;1-6-3-4-7(10-2)5-8(6)9/h5,12H,6-7H2,1-4H3;3-5H,9H2,1-2H3. The molecule has 1 aromatic heterocycles. The molecule has 1 unspecified atom stereocenters. The fraction of sp³-hybridized carbons (Fsp3) is 0.421. The number of ether oxygens (including phenoxy) is 2. The van der Waals surface area contributed by atoms with E-state index in [9.17, 15) is 4.21 Å². The van der Waals surface area contributed by atoms with E-state index in [1.807, 2.05) is 39.0 Å². The maximum absolute atomic E-state index is 11.6. The normalized spacial score (nSPS) is 11.3. The van der Waals surface area contributed by atoms with Gasteiger partial charge in [-0.2, -0.15) is 0 Å². The minimum absolute atomic E-state index is 0.462. The van der Waals surface area contributed by atoms with Gasteiger partial charge in [-0.25, -0.2) is 0 Å². The van der Waals surface area contributed by atoms with Crippen molar-refractivity contribution < 1.29 is 13.7 Å². The lowest BCUT2D eigenvalue weighted by Crippen LogP contribution is -2.16. The molecule has 1 heterocycles. The summed E-state index contributed by atoms with van der Waals surface area (Å²) in [4.78, 5) is 4.31. The van der Waals surface area contributed by atoms with Crippen molar-refractivity contribution in [1.29, 1.82) is 0 Å². The van der Waals surface area contributed by atoms with Crippen molar-refractivity contribution in [2.45, 2.75) is 26.5 Å². The van der Waals surface area contributed by atoms with Crippen molar-refractivity contribution in [2.24, 2.45) is 0 Å². The van der Waals surface area contributed by atoms with Gasteiger partial charge in [0, 0.05) is 39.9 Å². The van der Waals surface area contributed by atoms with Gasteiger partial charge in [-0.15, -0.1) is 0 Å². The van der Waals surface area contributed by atoms with Crippen LogP contribution in [-0.4, -0.2) is 36.3 Å². The molecule has 3 N–H and O–H groups in total. The highest BCUT2D eigenvalue weighted by atomic mass is 32.2. The number of methoxy groups -OCH3 is 2. The number of nitrogens with one attached hydrogen (secondary N) is 1. The molecule has 26 heavy (non-hydrogen) atoms. The molecule has 7 heteroatoms. The first-order valence-electron chi connectivity index (χ1n) is 8.22. The zero-order valence-electron chi connectivity index (χ0n) is 16.4. The maximum atomic E-state index is 11.6. The second-order valence-corrected chi connectivity index (χ2v) is 7.31. The Hall–Kier alpha value is -2.12. The van der Waals surface area contributed by atoms with E-state index in [1.165, 1.54) is 0 Å². The number of nitrogen functional groups attached to an aromatic ring is 1. The molecule has 1 aromatic carbocycles. The van der Waals surface area contributed by atoms with Crippen LogP contribution < -0.4 is 20.5 Å². The third kappa shape index (κ3) is 6.31. The van der Waals surface area contributed by atoms with Gasteiger partial charge in [0.2, 0.25) is 0 Å². The van der Waals surface area contributed by atoms with Crippen LogP contribution >= 0.6 is 0 Å². The number of anilines is 1. The van der Waals surface area contributed by atoms with Crippen LogP contribution in [-0.2, 0) is 16.6 Å². The predicted octanol–water partition coefficient (Wildman–Crippen LogP) is 2.72. The average molecular weight is 380 g/mol. The molecule has 0 aliphatic carbocycles. The lowest BCUT2D eigenvalue weighted by Gasteiger charge is -2.11. The second kappa shape index (κ2) is 10.8. The number of rotatable bonds is 6. The fourth-order valence-corrected chi connectivity index (χ4v) is 3.35. The fourth-order valence-electron chi connectivity index (χ4n) is 2.33. The van der Waals surface area contributed by atoms with Crippen molar-refractivity contribution in [2.75, 3.05) is 32.9 Å². The molecule has 0 amide bonds. The summed E-state index contributed by atoms with van der Waals surface area (Å²) >= 11 is 0. The average Bonchev–Trinajstić information content (AvgIpc) is 2.61. The molecular formula is C19H29N3O3S. The van der Waals surface area contributed by atoms with E-state index in [-0.39, 0.29) is 0 Å². The summed E-state index contributed by atoms with van der Waals surface area (Å²) in [7, 11) is 4.13. The third-order valence-electron chi connectivity index (χ3n) is 3.84. The lowest BCUT2D eigenvalue weighted by atomic mass is 10.1. The highest BCUT2D eigenvalue weighted by Crippen LogP contribution is 2.24. The predicted molar refractivity (Wildman–Crippen MR) is 108 cm³/mol. The monoisotopic (exact) mass is 379 g/mol. The van der Waals surface area contributed by atoms with E-state index >= 15 is 0 Å². The Morgan fingerprint density at radius 3 is 2.38 bits per heavy atom. The van der Waals surface area contributed by atoms with Crippen LogP contribution in [0.25, 0.3) is 0 Å². The molecule has 0 aliphatic heterocycles. The smallest absolute Gasteiger partial charge is 0.128 e. The van der Waals surface area contributed by atoms with Gasteiger partial charge < -0.3 is 20.5 Å². The van der Waals surface area contributed by atoms with Crippen LogP contribution in [0.3, 0.4) is 0 Å². The molecule has 0 aliphatic rings. The van der Waals surface area contributed by atoms with Crippen molar-refractivity contribution in [3.8, 4) is 11.5 Å². The van der Waals surface area contributed by atoms with E-state index in [0.717, 1.165) is 39.6 Å². The van der Waals surface area contributed by atoms with Crippen LogP contribution in [0.1, 0.15) is 22.4 Å². The molecule has 2 aromatic rings. The second-order valence-electron chi connectivity index (χ2n) is 5.85. The van der Waals surface area contributed by atoms with Gasteiger partial charge in [0.05, 0.1) is 31.5 Å². The van der Waals surface area contributed by atoms with Gasteiger partial charge >= 0.3 is 0 Å². The summed E-state index contributed by atoms with van der Waals surface area (Å²) in [6, 6.07) is 5.65. The number of nitrogens with zero attached hydrogens (tertiary/aromatic N) is 1. The Balaban J connectivity index is 0.000000289. The molecule has 0 saturated heterocycles. The van der Waals surface area contributed by atoms with Crippen molar-refractivity contribution in [3.05, 3.63) is 46.8 Å². The van der Waals surface area contributed by atoms with Gasteiger partial charge in [0.1, 0.15) is 11.5 Å². The molecule has 144 valence electrons. The minimum Gasteiger partial charge on any atom is -0.497 e. The lowest BCUT2D eigenvalue weighted by molar-refractivity contribution is 0.407. The molecular weight excluding hydrogens is 350 g/mol. The van der Waals surface area contributed by atoms with Gasteiger partial charge in [-0.1, -0.05) is 6.07 Å². The molecule has 0 fully saturated rings. The largest absolute Gasteiger partial charge is 0.497 e. The number of benzene rings is 1. The summed E-state index contributed by atoms with van der Waals surface area (Å²) in [6.07, 6.45) is 1.76. The van der Waals surface area contributed by atoms with Gasteiger partial charge in [-0.3, -0.25) is 9.19 Å². The highest BCUT2D eigenvalue weighted by molar-refractivity contribution is 7.84. The number of aryl methyl sites for hydroxylation is 2. The maximum Gasteiger partial charge on any atom is 0.128 e. The quantitative estimate of drug-likeness (QED) is 0.751. The van der Waals surface area contributed by atoms with Crippen molar-refractivity contribution in [1.82, 2.24) is 10.3 Å². The van der Waals surface area contributed by atoms with Crippen LogP contribution in [0.4, 0.5) is 5.69 Å². The summed E-state index contributed by atoms with van der Waals surface area (Å²) in [5, 5.41) is 2.89. The van der Waals surface area contributed by atoms with Crippen LogP contribution in [0.5, 0.6) is 11.5 Å². The molecule has 6 nitrogen and oxygen atoms in total. The van der Waals surface area contributed by atoms with Crippen molar-refractivity contribution >= 4 is 16.5 Å². The number of hydrogen-bond donors (Lipinski definition) is 2. The minimum atomic E-state index is -0.927. The molecule has 0 radical (unpaired) electrons. The van der Waals surface area contributed by atoms with E-state index in [4.69, 9.17) is 15.2 Å². The molecule has 0 bridgehead atoms. The first kappa shape index (κ1) is 21.9. The zero-order chi connectivity index (χ0) is 19.7. The summed E-state index contributed by atoms with van der Waals surface area (Å²) in [5.41, 5.74) is 10.3. The Bertz CT molecular complexity index is 751. The zero-order valence-corrected chi connectivity index (χ0v) is 17.2. The Morgan fingerprint density at radius 1 is 1.15 bits per heavy atom. The van der Waals surface area contributed by atoms with E-state index < -0.39 is 10.8 Å². The SMILES string of the molecule is CNCS(=O)Cc1ncc(C)c(OC)c1C.COc1ccc(C)c(N)c1. The number of pyridine rings is 1. The Labute approximate surface area is 158 Å². The Kier molecular flexibility index (Phi) is 9.09. The number of hydrogen-bond acceptors (Lipinski definition) is 6. The van der Waals surface area contributed by atoms with E-state index in [1.54, 1.807) is 27.5 Å². The number of nitrogens with two attached hydrogens (primary N) is 1.